The topological polar surface area (TPSA) is 90.7 Å². The zero-order valence-corrected chi connectivity index (χ0v) is 13.4. The van der Waals surface area contributed by atoms with Crippen LogP contribution < -0.4 is 0 Å². The van der Waals surface area contributed by atoms with E-state index in [1.54, 1.807) is 6.92 Å². The Morgan fingerprint density at radius 3 is 2.38 bits per heavy atom. The predicted octanol–water partition coefficient (Wildman–Crippen LogP) is 0.189. The summed E-state index contributed by atoms with van der Waals surface area (Å²) < 4.78 is 30.2. The lowest BCUT2D eigenvalue weighted by Gasteiger charge is -2.36. The molecule has 120 valence electrons. The van der Waals surface area contributed by atoms with Crippen LogP contribution in [0, 0.1) is 11.3 Å². The maximum atomic E-state index is 12.1. The van der Waals surface area contributed by atoms with E-state index < -0.39 is 21.7 Å². The summed E-state index contributed by atoms with van der Waals surface area (Å²) >= 11 is 0. The molecular weight excluding hydrogens is 294 g/mol. The first-order valence-corrected chi connectivity index (χ1v) is 8.82. The van der Waals surface area contributed by atoms with Crippen LogP contribution in [0.5, 0.6) is 0 Å². The normalized spacial score (nSPS) is 18.9. The first-order chi connectivity index (χ1) is 9.94. The Bertz CT molecular complexity index is 478. The highest BCUT2D eigenvalue weighted by Gasteiger charge is 2.31. The van der Waals surface area contributed by atoms with E-state index in [2.05, 4.69) is 10.8 Å². The summed E-state index contributed by atoms with van der Waals surface area (Å²) in [5, 5.41) is 9.13. The summed E-state index contributed by atoms with van der Waals surface area (Å²) in [5.41, 5.74) is 0. The Morgan fingerprint density at radius 1 is 1.29 bits per heavy atom. The van der Waals surface area contributed by atoms with E-state index in [9.17, 15) is 13.2 Å². The van der Waals surface area contributed by atoms with Crippen molar-refractivity contribution in [3.63, 3.8) is 0 Å². The molecule has 0 saturated carbocycles. The number of nitrogens with zero attached hydrogens (tertiary/aromatic N) is 3. The van der Waals surface area contributed by atoms with Gasteiger partial charge in [0.25, 0.3) is 0 Å². The van der Waals surface area contributed by atoms with Gasteiger partial charge in [-0.25, -0.2) is 8.42 Å². The second-order valence-electron chi connectivity index (χ2n) is 4.93. The molecule has 1 atom stereocenters. The summed E-state index contributed by atoms with van der Waals surface area (Å²) in [4.78, 5) is 13.3. The Kier molecular flexibility index (Phi) is 7.08. The Morgan fingerprint density at radius 2 is 1.90 bits per heavy atom. The smallest absolute Gasteiger partial charge is 0.322 e. The molecule has 1 heterocycles. The van der Waals surface area contributed by atoms with E-state index in [1.807, 2.05) is 11.8 Å². The zero-order chi connectivity index (χ0) is 15.9. The fourth-order valence-electron chi connectivity index (χ4n) is 2.34. The number of piperazine rings is 1. The number of carbonyl (C=O) groups excluding carboxylic acids is 1. The minimum absolute atomic E-state index is 0.162. The van der Waals surface area contributed by atoms with Crippen molar-refractivity contribution in [2.45, 2.75) is 32.7 Å². The van der Waals surface area contributed by atoms with Gasteiger partial charge in [-0.05, 0) is 13.3 Å². The van der Waals surface area contributed by atoms with Crippen molar-refractivity contribution in [2.24, 2.45) is 0 Å². The minimum atomic E-state index is -3.62. The molecule has 0 N–H and O–H groups in total. The van der Waals surface area contributed by atoms with Gasteiger partial charge in [-0.2, -0.15) is 9.57 Å². The standard InChI is InChI=1S/C13H23N3O4S/c1-3-5-12(10-14)15-6-8-16(9-7-15)21(18,19)11-13(17)20-4-2/h12H,3-9,11H2,1-2H3. The van der Waals surface area contributed by atoms with Crippen LogP contribution in [0.25, 0.3) is 0 Å². The maximum absolute atomic E-state index is 12.1. The van der Waals surface area contributed by atoms with Gasteiger partial charge in [-0.15, -0.1) is 0 Å². The number of sulfonamides is 1. The van der Waals surface area contributed by atoms with Gasteiger partial charge in [0.2, 0.25) is 10.0 Å². The van der Waals surface area contributed by atoms with E-state index in [0.29, 0.717) is 26.2 Å². The van der Waals surface area contributed by atoms with Crippen LogP contribution in [0.15, 0.2) is 0 Å². The first kappa shape index (κ1) is 17.9. The van der Waals surface area contributed by atoms with Gasteiger partial charge >= 0.3 is 5.97 Å². The van der Waals surface area contributed by atoms with Gasteiger partial charge in [0, 0.05) is 26.2 Å². The third kappa shape index (κ3) is 5.26. The monoisotopic (exact) mass is 317 g/mol. The highest BCUT2D eigenvalue weighted by molar-refractivity contribution is 7.89. The van der Waals surface area contributed by atoms with Crippen LogP contribution in [-0.2, 0) is 19.6 Å². The fraction of sp³-hybridized carbons (Fsp3) is 0.846. The molecular formula is C13H23N3O4S. The van der Waals surface area contributed by atoms with E-state index in [0.717, 1.165) is 12.8 Å². The van der Waals surface area contributed by atoms with Gasteiger partial charge in [0.1, 0.15) is 0 Å². The van der Waals surface area contributed by atoms with Crippen molar-refractivity contribution in [1.29, 1.82) is 5.26 Å². The molecule has 1 fully saturated rings. The quantitative estimate of drug-likeness (QED) is 0.623. The van der Waals surface area contributed by atoms with Gasteiger partial charge in [-0.3, -0.25) is 9.69 Å². The van der Waals surface area contributed by atoms with E-state index in [1.165, 1.54) is 4.31 Å². The lowest BCUT2D eigenvalue weighted by atomic mass is 10.1. The van der Waals surface area contributed by atoms with Crippen molar-refractivity contribution in [2.75, 3.05) is 38.5 Å². The van der Waals surface area contributed by atoms with Gasteiger partial charge in [-0.1, -0.05) is 13.3 Å². The molecule has 0 radical (unpaired) electrons. The average Bonchev–Trinajstić information content (AvgIpc) is 2.44. The molecule has 7 nitrogen and oxygen atoms in total. The molecule has 0 bridgehead atoms. The van der Waals surface area contributed by atoms with Crippen LogP contribution in [0.3, 0.4) is 0 Å². The van der Waals surface area contributed by atoms with Gasteiger partial charge in [0.15, 0.2) is 5.75 Å². The number of nitriles is 1. The predicted molar refractivity (Wildman–Crippen MR) is 77.9 cm³/mol. The Hall–Kier alpha value is -1.17. The number of carbonyl (C=O) groups is 1. The summed E-state index contributed by atoms with van der Waals surface area (Å²) in [7, 11) is -3.62. The first-order valence-electron chi connectivity index (χ1n) is 7.21. The highest BCUT2D eigenvalue weighted by Crippen LogP contribution is 2.13. The van der Waals surface area contributed by atoms with Crippen LogP contribution >= 0.6 is 0 Å². The maximum Gasteiger partial charge on any atom is 0.322 e. The SMILES string of the molecule is CCCC(C#N)N1CCN(S(=O)(=O)CC(=O)OCC)CC1. The van der Waals surface area contributed by atoms with Gasteiger partial charge in [0.05, 0.1) is 18.7 Å². The van der Waals surface area contributed by atoms with Crippen LogP contribution in [0.1, 0.15) is 26.7 Å². The number of hydrogen-bond donors (Lipinski definition) is 0. The lowest BCUT2D eigenvalue weighted by Crippen LogP contribution is -2.52. The molecule has 0 aromatic heterocycles. The number of rotatable bonds is 7. The Labute approximate surface area is 126 Å². The third-order valence-electron chi connectivity index (χ3n) is 3.42. The van der Waals surface area contributed by atoms with Crippen molar-refractivity contribution in [1.82, 2.24) is 9.21 Å². The second kappa shape index (κ2) is 8.32. The summed E-state index contributed by atoms with van der Waals surface area (Å²) in [5.74, 6) is -1.34. The Balaban J connectivity index is 2.55. The molecule has 1 rings (SSSR count). The van der Waals surface area contributed by atoms with E-state index in [-0.39, 0.29) is 12.6 Å². The average molecular weight is 317 g/mol. The highest BCUT2D eigenvalue weighted by atomic mass is 32.2. The molecule has 0 aromatic rings. The number of hydrogen-bond acceptors (Lipinski definition) is 6. The summed E-state index contributed by atoms with van der Waals surface area (Å²) in [6, 6.07) is 2.10. The number of esters is 1. The molecule has 1 aliphatic rings. The van der Waals surface area contributed by atoms with Gasteiger partial charge < -0.3 is 4.74 Å². The summed E-state index contributed by atoms with van der Waals surface area (Å²) in [6.45, 7) is 5.47. The molecule has 1 aliphatic heterocycles. The molecule has 1 unspecified atom stereocenters. The van der Waals surface area contributed by atoms with Crippen molar-refractivity contribution >= 4 is 16.0 Å². The van der Waals surface area contributed by atoms with Crippen molar-refractivity contribution in [3.8, 4) is 6.07 Å². The molecule has 0 aromatic carbocycles. The van der Waals surface area contributed by atoms with E-state index in [4.69, 9.17) is 5.26 Å². The number of ether oxygens (including phenoxy) is 1. The van der Waals surface area contributed by atoms with Crippen LogP contribution in [0.2, 0.25) is 0 Å². The van der Waals surface area contributed by atoms with Crippen LogP contribution in [-0.4, -0.2) is 68.2 Å². The fourth-order valence-corrected chi connectivity index (χ4v) is 3.62. The zero-order valence-electron chi connectivity index (χ0n) is 12.6. The molecule has 21 heavy (non-hydrogen) atoms. The van der Waals surface area contributed by atoms with E-state index >= 15 is 0 Å². The molecule has 8 heteroatoms. The van der Waals surface area contributed by atoms with Crippen LogP contribution in [0.4, 0.5) is 0 Å². The molecule has 1 saturated heterocycles. The largest absolute Gasteiger partial charge is 0.465 e. The van der Waals surface area contributed by atoms with Crippen molar-refractivity contribution in [3.05, 3.63) is 0 Å². The second-order valence-corrected chi connectivity index (χ2v) is 6.90. The third-order valence-corrected chi connectivity index (χ3v) is 5.18. The lowest BCUT2D eigenvalue weighted by molar-refractivity contribution is -0.140. The molecule has 0 amide bonds. The van der Waals surface area contributed by atoms with Crippen molar-refractivity contribution < 1.29 is 17.9 Å². The minimum Gasteiger partial charge on any atom is -0.465 e. The molecule has 0 spiro atoms. The summed E-state index contributed by atoms with van der Waals surface area (Å²) in [6.07, 6.45) is 1.70. The molecule has 0 aliphatic carbocycles.